The number of ether oxygens (including phenoxy) is 2. The fourth-order valence-electron chi connectivity index (χ4n) is 3.92. The van der Waals surface area contributed by atoms with E-state index in [0.717, 1.165) is 22.5 Å². The number of pyridine rings is 3. The zero-order chi connectivity index (χ0) is 26.6. The molecule has 1 amide bonds. The van der Waals surface area contributed by atoms with Crippen molar-refractivity contribution in [3.63, 3.8) is 0 Å². The Hall–Kier alpha value is -3.63. The molecule has 1 saturated heterocycles. The maximum atomic E-state index is 14.3. The minimum absolute atomic E-state index is 0.127. The third-order valence-electron chi connectivity index (χ3n) is 5.93. The van der Waals surface area contributed by atoms with E-state index < -0.39 is 17.7 Å². The van der Waals surface area contributed by atoms with Crippen LogP contribution in [0.1, 0.15) is 42.5 Å². The lowest BCUT2D eigenvalue weighted by molar-refractivity contribution is 0.102. The molecule has 1 atom stereocenters. The number of aliphatic hydroxyl groups excluding tert-OH is 1. The van der Waals surface area contributed by atoms with Crippen LogP contribution in [0.5, 0.6) is 5.88 Å². The minimum Gasteiger partial charge on any atom is -0.473 e. The van der Waals surface area contributed by atoms with Crippen molar-refractivity contribution in [3.05, 3.63) is 59.8 Å². The van der Waals surface area contributed by atoms with Gasteiger partial charge in [-0.05, 0) is 52.0 Å². The largest absolute Gasteiger partial charge is 0.473 e. The molecule has 0 unspecified atom stereocenters. The van der Waals surface area contributed by atoms with Crippen molar-refractivity contribution in [3.8, 4) is 17.0 Å². The van der Waals surface area contributed by atoms with Crippen LogP contribution in [0.2, 0.25) is 0 Å². The molecule has 4 heterocycles. The molecule has 3 aromatic heterocycles. The molecule has 10 heteroatoms. The first-order valence-corrected chi connectivity index (χ1v) is 12.2. The van der Waals surface area contributed by atoms with E-state index in [1.54, 1.807) is 19.3 Å². The second-order valence-electron chi connectivity index (χ2n) is 9.52. The van der Waals surface area contributed by atoms with Gasteiger partial charge in [0.2, 0.25) is 5.88 Å². The van der Waals surface area contributed by atoms with Gasteiger partial charge in [-0.1, -0.05) is 0 Å². The molecule has 37 heavy (non-hydrogen) atoms. The van der Waals surface area contributed by atoms with Crippen LogP contribution in [0.25, 0.3) is 11.1 Å². The Balaban J connectivity index is 1.62. The van der Waals surface area contributed by atoms with E-state index in [-0.39, 0.29) is 12.3 Å². The number of nitrogens with zero attached hydrogens (tertiary/aromatic N) is 4. The summed E-state index contributed by atoms with van der Waals surface area (Å²) < 4.78 is 25.6. The van der Waals surface area contributed by atoms with Crippen LogP contribution in [0.4, 0.5) is 15.8 Å². The van der Waals surface area contributed by atoms with Crippen molar-refractivity contribution in [2.24, 2.45) is 0 Å². The Bertz CT molecular complexity index is 1260. The fourth-order valence-corrected chi connectivity index (χ4v) is 3.92. The summed E-state index contributed by atoms with van der Waals surface area (Å²) in [6.07, 6.45) is 4.06. The lowest BCUT2D eigenvalue weighted by atomic mass is 10.0. The summed E-state index contributed by atoms with van der Waals surface area (Å²) in [6, 6.07) is 6.79. The summed E-state index contributed by atoms with van der Waals surface area (Å²) in [5.74, 6) is 0.0457. The number of amides is 1. The van der Waals surface area contributed by atoms with Crippen molar-refractivity contribution in [1.29, 1.82) is 0 Å². The van der Waals surface area contributed by atoms with E-state index in [1.165, 1.54) is 32.2 Å². The molecule has 0 saturated carbocycles. The zero-order valence-electron chi connectivity index (χ0n) is 21.5. The number of aromatic nitrogens is 3. The summed E-state index contributed by atoms with van der Waals surface area (Å²) >= 11 is 0. The maximum absolute atomic E-state index is 14.3. The van der Waals surface area contributed by atoms with Crippen LogP contribution in [-0.2, 0) is 10.4 Å². The number of alkyl halides is 1. The van der Waals surface area contributed by atoms with Crippen molar-refractivity contribution in [1.82, 2.24) is 15.0 Å². The first-order chi connectivity index (χ1) is 17.6. The molecule has 1 aliphatic rings. The number of anilines is 2. The number of hydrogen-bond donors (Lipinski definition) is 2. The first kappa shape index (κ1) is 26.4. The van der Waals surface area contributed by atoms with Gasteiger partial charge in [0.1, 0.15) is 18.0 Å². The lowest BCUT2D eigenvalue weighted by Gasteiger charge is -2.30. The van der Waals surface area contributed by atoms with E-state index in [9.17, 15) is 14.3 Å². The number of nitrogens with one attached hydrogen (secondary N) is 1. The quantitative estimate of drug-likeness (QED) is 0.471. The first-order valence-electron chi connectivity index (χ1n) is 12.2. The van der Waals surface area contributed by atoms with Gasteiger partial charge in [-0.15, -0.1) is 0 Å². The molecule has 0 bridgehead atoms. The summed E-state index contributed by atoms with van der Waals surface area (Å²) in [6.45, 7) is 9.02. The number of halogens is 1. The second kappa shape index (κ2) is 11.2. The van der Waals surface area contributed by atoms with Crippen LogP contribution in [0.3, 0.4) is 0 Å². The molecule has 1 fully saturated rings. The number of carbonyl (C=O) groups is 1. The van der Waals surface area contributed by atoms with Crippen LogP contribution >= 0.6 is 0 Å². The molecule has 4 rings (SSSR count). The highest BCUT2D eigenvalue weighted by Crippen LogP contribution is 2.34. The smallest absolute Gasteiger partial charge is 0.255 e. The van der Waals surface area contributed by atoms with Gasteiger partial charge in [-0.3, -0.25) is 14.8 Å². The molecular formula is C27H32FN5O4. The van der Waals surface area contributed by atoms with Gasteiger partial charge in [-0.25, -0.2) is 9.37 Å². The van der Waals surface area contributed by atoms with Gasteiger partial charge >= 0.3 is 0 Å². The molecule has 1 aliphatic heterocycles. The topological polar surface area (TPSA) is 110 Å². The van der Waals surface area contributed by atoms with Crippen molar-refractivity contribution in [2.75, 3.05) is 43.1 Å². The van der Waals surface area contributed by atoms with Gasteiger partial charge in [0.25, 0.3) is 5.91 Å². The maximum Gasteiger partial charge on any atom is 0.255 e. The molecular weight excluding hydrogens is 477 g/mol. The van der Waals surface area contributed by atoms with Crippen LogP contribution in [0.15, 0.2) is 42.9 Å². The predicted octanol–water partition coefficient (Wildman–Crippen LogP) is 3.90. The van der Waals surface area contributed by atoms with Crippen molar-refractivity contribution in [2.45, 2.75) is 39.5 Å². The van der Waals surface area contributed by atoms with Gasteiger partial charge in [0.15, 0.2) is 0 Å². The Kier molecular flexibility index (Phi) is 7.99. The van der Waals surface area contributed by atoms with E-state index in [4.69, 9.17) is 9.47 Å². The molecule has 196 valence electrons. The summed E-state index contributed by atoms with van der Waals surface area (Å²) in [5, 5.41) is 12.5. The lowest BCUT2D eigenvalue weighted by Crippen LogP contribution is -2.36. The third kappa shape index (κ3) is 6.58. The Morgan fingerprint density at radius 2 is 1.97 bits per heavy atom. The Labute approximate surface area is 215 Å². The molecule has 0 radical (unpaired) electrons. The SMILES string of the molecule is Cc1ncc(NC(=O)c2ccnc(C(C)(C)F)c2)cc1-c1cnc(OC[C@@H](C)O)c(N2CCOCC2)c1. The zero-order valence-corrected chi connectivity index (χ0v) is 21.5. The second-order valence-corrected chi connectivity index (χ2v) is 9.52. The highest BCUT2D eigenvalue weighted by atomic mass is 19.1. The average molecular weight is 510 g/mol. The third-order valence-corrected chi connectivity index (χ3v) is 5.93. The normalized spacial score (nSPS) is 14.8. The van der Waals surface area contributed by atoms with Crippen LogP contribution < -0.4 is 15.0 Å². The monoisotopic (exact) mass is 509 g/mol. The molecule has 2 N–H and O–H groups in total. The van der Waals surface area contributed by atoms with Gasteiger partial charge in [0.05, 0.1) is 36.9 Å². The number of rotatable bonds is 8. The number of aliphatic hydroxyl groups is 1. The number of aryl methyl sites for hydroxylation is 1. The van der Waals surface area contributed by atoms with E-state index in [2.05, 4.69) is 25.2 Å². The van der Waals surface area contributed by atoms with Gasteiger partial charge < -0.3 is 24.8 Å². The molecule has 0 spiro atoms. The fraction of sp³-hybridized carbons (Fsp3) is 0.407. The molecule has 0 aliphatic carbocycles. The van der Waals surface area contributed by atoms with E-state index in [1.807, 2.05) is 19.1 Å². The highest BCUT2D eigenvalue weighted by molar-refractivity contribution is 6.04. The van der Waals surface area contributed by atoms with Gasteiger partial charge in [0, 0.05) is 47.9 Å². The minimum atomic E-state index is -1.66. The summed E-state index contributed by atoms with van der Waals surface area (Å²) in [4.78, 5) is 28.1. The Morgan fingerprint density at radius 3 is 2.68 bits per heavy atom. The van der Waals surface area contributed by atoms with Crippen molar-refractivity contribution < 1.29 is 23.8 Å². The standard InChI is InChI=1S/C27H32FN5O4/c1-17(34)16-37-26-23(33-7-9-36-10-8-33)11-20(14-31-26)22-13-21(15-30-18(22)2)32-25(35)19-5-6-29-24(12-19)27(3,4)28/h5-6,11-15,17,34H,7-10,16H2,1-4H3,(H,32,35)/t17-/m1/s1. The van der Waals surface area contributed by atoms with Crippen LogP contribution in [0, 0.1) is 6.92 Å². The Morgan fingerprint density at radius 1 is 1.22 bits per heavy atom. The number of morpholine rings is 1. The van der Waals surface area contributed by atoms with Crippen LogP contribution in [-0.4, -0.2) is 65.0 Å². The average Bonchev–Trinajstić information content (AvgIpc) is 2.88. The van der Waals surface area contributed by atoms with Crippen molar-refractivity contribution >= 4 is 17.3 Å². The molecule has 0 aromatic carbocycles. The van der Waals surface area contributed by atoms with E-state index in [0.29, 0.717) is 43.4 Å². The number of hydrogen-bond acceptors (Lipinski definition) is 8. The highest BCUT2D eigenvalue weighted by Gasteiger charge is 2.22. The van der Waals surface area contributed by atoms with Gasteiger partial charge in [-0.2, -0.15) is 0 Å². The number of carbonyl (C=O) groups excluding carboxylic acids is 1. The molecule has 9 nitrogen and oxygen atoms in total. The summed E-state index contributed by atoms with van der Waals surface area (Å²) in [7, 11) is 0. The summed E-state index contributed by atoms with van der Waals surface area (Å²) in [5.41, 5.74) is 2.47. The molecule has 3 aromatic rings. The van der Waals surface area contributed by atoms with E-state index >= 15 is 0 Å². The predicted molar refractivity (Wildman–Crippen MR) is 139 cm³/mol.